The number of nitrogens with zero attached hydrogens (tertiary/aromatic N) is 1. The van der Waals surface area contributed by atoms with Crippen LogP contribution in [0.1, 0.15) is 57.1 Å². The molecule has 4 rings (SSSR count). The number of hydrogen-bond donors (Lipinski definition) is 0. The first kappa shape index (κ1) is 16.7. The van der Waals surface area contributed by atoms with E-state index >= 15 is 0 Å². The monoisotopic (exact) mass is 325 g/mol. The molecule has 3 aliphatic heterocycles. The average Bonchev–Trinajstić information content (AvgIpc) is 2.63. The second kappa shape index (κ2) is 7.62. The van der Waals surface area contributed by atoms with Crippen LogP contribution < -0.4 is 0 Å². The standard InChI is InChI=1S/C21H32BNO/c1-17(22-19-9-5-10-20(22)12-6-11-19)21(18-7-3-2-4-8-18)23-13-15-24-16-14-23/h2-4,7-8,17,19-21H,5-6,9-16H2,1H3/t17-,19?,20?,21+/m0/s1. The fourth-order valence-corrected chi connectivity index (χ4v) is 6.15. The van der Waals surface area contributed by atoms with Crippen molar-refractivity contribution in [3.8, 4) is 0 Å². The third kappa shape index (κ3) is 3.30. The number of fused-ring (bicyclic) bond motifs is 2. The largest absolute Gasteiger partial charge is 0.379 e. The van der Waals surface area contributed by atoms with Crippen molar-refractivity contribution in [1.82, 2.24) is 4.90 Å². The minimum atomic E-state index is 0.571. The zero-order valence-electron chi connectivity index (χ0n) is 15.2. The van der Waals surface area contributed by atoms with E-state index in [4.69, 9.17) is 4.74 Å². The van der Waals surface area contributed by atoms with Gasteiger partial charge >= 0.3 is 0 Å². The lowest BCUT2D eigenvalue weighted by molar-refractivity contribution is 0.0147. The fourth-order valence-electron chi connectivity index (χ4n) is 6.15. The molecule has 1 aromatic carbocycles. The summed E-state index contributed by atoms with van der Waals surface area (Å²) in [6.07, 6.45) is 8.89. The molecule has 2 atom stereocenters. The van der Waals surface area contributed by atoms with E-state index in [2.05, 4.69) is 42.2 Å². The van der Waals surface area contributed by atoms with Crippen LogP contribution in [0, 0.1) is 0 Å². The van der Waals surface area contributed by atoms with Crippen molar-refractivity contribution in [1.29, 1.82) is 0 Å². The molecule has 0 unspecified atom stereocenters. The van der Waals surface area contributed by atoms with Gasteiger partial charge in [0.15, 0.2) is 6.71 Å². The molecule has 3 saturated heterocycles. The Morgan fingerprint density at radius 3 is 2.12 bits per heavy atom. The topological polar surface area (TPSA) is 12.5 Å². The quantitative estimate of drug-likeness (QED) is 0.718. The lowest BCUT2D eigenvalue weighted by Crippen LogP contribution is -2.46. The van der Waals surface area contributed by atoms with Crippen LogP contribution in [0.3, 0.4) is 0 Å². The van der Waals surface area contributed by atoms with Gasteiger partial charge in [0.1, 0.15) is 0 Å². The molecule has 0 aromatic heterocycles. The Kier molecular flexibility index (Phi) is 5.29. The molecule has 0 spiro atoms. The molecular formula is C21H32BNO. The first-order chi connectivity index (χ1) is 11.8. The van der Waals surface area contributed by atoms with E-state index in [9.17, 15) is 0 Å². The van der Waals surface area contributed by atoms with Gasteiger partial charge in [0, 0.05) is 19.1 Å². The van der Waals surface area contributed by atoms with Crippen LogP contribution in [0.2, 0.25) is 17.5 Å². The molecule has 3 heterocycles. The van der Waals surface area contributed by atoms with Gasteiger partial charge in [-0.25, -0.2) is 0 Å². The lowest BCUT2D eigenvalue weighted by Gasteiger charge is -2.48. The maximum atomic E-state index is 5.64. The molecule has 0 saturated carbocycles. The van der Waals surface area contributed by atoms with Gasteiger partial charge in [-0.2, -0.15) is 0 Å². The third-order valence-electron chi connectivity index (χ3n) is 7.07. The highest BCUT2D eigenvalue weighted by Gasteiger charge is 2.45. The summed E-state index contributed by atoms with van der Waals surface area (Å²) in [5.41, 5.74) is 1.52. The van der Waals surface area contributed by atoms with Crippen molar-refractivity contribution in [3.63, 3.8) is 0 Å². The summed E-state index contributed by atoms with van der Waals surface area (Å²) in [6.45, 7) is 7.47. The second-order valence-corrected chi connectivity index (χ2v) is 8.32. The summed E-state index contributed by atoms with van der Waals surface area (Å²) in [5.74, 6) is 2.72. The van der Waals surface area contributed by atoms with Crippen LogP contribution in [0.5, 0.6) is 0 Å². The molecule has 0 N–H and O–H groups in total. The van der Waals surface area contributed by atoms with Gasteiger partial charge in [-0.05, 0) is 11.4 Å². The highest BCUT2D eigenvalue weighted by Crippen LogP contribution is 2.53. The Bertz CT molecular complexity index is 494. The minimum Gasteiger partial charge on any atom is -0.379 e. The Hall–Kier alpha value is -0.795. The maximum absolute atomic E-state index is 5.64. The first-order valence-electron chi connectivity index (χ1n) is 10.2. The van der Waals surface area contributed by atoms with E-state index in [1.54, 1.807) is 0 Å². The van der Waals surface area contributed by atoms with Crippen LogP contribution in [0.25, 0.3) is 0 Å². The molecule has 3 heteroatoms. The van der Waals surface area contributed by atoms with Gasteiger partial charge in [-0.3, -0.25) is 4.90 Å². The van der Waals surface area contributed by atoms with Crippen LogP contribution in [-0.4, -0.2) is 37.9 Å². The Balaban J connectivity index is 1.62. The summed E-state index contributed by atoms with van der Waals surface area (Å²) >= 11 is 0. The van der Waals surface area contributed by atoms with Crippen molar-refractivity contribution >= 4 is 6.71 Å². The lowest BCUT2D eigenvalue weighted by atomic mass is 9.22. The van der Waals surface area contributed by atoms with Crippen LogP contribution in [-0.2, 0) is 4.74 Å². The first-order valence-corrected chi connectivity index (χ1v) is 10.2. The number of benzene rings is 1. The van der Waals surface area contributed by atoms with E-state index in [1.807, 2.05) is 0 Å². The molecule has 0 radical (unpaired) electrons. The number of rotatable bonds is 4. The van der Waals surface area contributed by atoms with Crippen molar-refractivity contribution in [2.75, 3.05) is 26.3 Å². The summed E-state index contributed by atoms with van der Waals surface area (Å²) < 4.78 is 5.64. The van der Waals surface area contributed by atoms with Crippen molar-refractivity contribution in [3.05, 3.63) is 35.9 Å². The van der Waals surface area contributed by atoms with Crippen molar-refractivity contribution in [2.45, 2.75) is 68.9 Å². The molecule has 24 heavy (non-hydrogen) atoms. The predicted octanol–water partition coefficient (Wildman–Crippen LogP) is 5.05. The van der Waals surface area contributed by atoms with E-state index in [-0.39, 0.29) is 0 Å². The van der Waals surface area contributed by atoms with Gasteiger partial charge in [0.05, 0.1) is 13.2 Å². The van der Waals surface area contributed by atoms with Crippen LogP contribution >= 0.6 is 0 Å². The normalized spacial score (nSPS) is 30.8. The Morgan fingerprint density at radius 1 is 0.958 bits per heavy atom. The molecule has 0 amide bonds. The van der Waals surface area contributed by atoms with Gasteiger partial charge < -0.3 is 4.74 Å². The highest BCUT2D eigenvalue weighted by atomic mass is 16.5. The van der Waals surface area contributed by atoms with E-state index in [0.717, 1.165) is 50.5 Å². The van der Waals surface area contributed by atoms with Gasteiger partial charge in [0.2, 0.25) is 0 Å². The summed E-state index contributed by atoms with van der Waals surface area (Å²) in [4.78, 5) is 2.72. The van der Waals surface area contributed by atoms with Crippen molar-refractivity contribution in [2.24, 2.45) is 0 Å². The highest BCUT2D eigenvalue weighted by molar-refractivity contribution is 6.64. The molecule has 3 fully saturated rings. The molecule has 2 bridgehead atoms. The predicted molar refractivity (Wildman–Crippen MR) is 102 cm³/mol. The minimum absolute atomic E-state index is 0.571. The molecule has 130 valence electrons. The smallest absolute Gasteiger partial charge is 0.151 e. The Labute approximate surface area is 148 Å². The van der Waals surface area contributed by atoms with Gasteiger partial charge in [0.25, 0.3) is 0 Å². The average molecular weight is 325 g/mol. The third-order valence-corrected chi connectivity index (χ3v) is 7.07. The number of morpholine rings is 1. The van der Waals surface area contributed by atoms with Gasteiger partial charge in [-0.15, -0.1) is 0 Å². The zero-order valence-corrected chi connectivity index (χ0v) is 15.2. The Morgan fingerprint density at radius 2 is 1.54 bits per heavy atom. The molecule has 2 nitrogen and oxygen atoms in total. The maximum Gasteiger partial charge on any atom is 0.151 e. The summed E-state index contributed by atoms with van der Waals surface area (Å²) in [5, 5.41) is 0. The second-order valence-electron chi connectivity index (χ2n) is 8.32. The van der Waals surface area contributed by atoms with E-state index in [1.165, 1.54) is 44.1 Å². The fraction of sp³-hybridized carbons (Fsp3) is 0.714. The number of hydrogen-bond acceptors (Lipinski definition) is 2. The van der Waals surface area contributed by atoms with Crippen LogP contribution in [0.15, 0.2) is 30.3 Å². The number of ether oxygens (including phenoxy) is 1. The van der Waals surface area contributed by atoms with E-state index in [0.29, 0.717) is 6.04 Å². The molecular weight excluding hydrogens is 293 g/mol. The van der Waals surface area contributed by atoms with Crippen LogP contribution in [0.4, 0.5) is 0 Å². The summed E-state index contributed by atoms with van der Waals surface area (Å²) in [6, 6.07) is 11.9. The zero-order chi connectivity index (χ0) is 16.4. The molecule has 1 aromatic rings. The van der Waals surface area contributed by atoms with Crippen molar-refractivity contribution < 1.29 is 4.74 Å². The summed E-state index contributed by atoms with van der Waals surface area (Å²) in [7, 11) is 0. The van der Waals surface area contributed by atoms with E-state index < -0.39 is 0 Å². The molecule has 0 aliphatic carbocycles. The van der Waals surface area contributed by atoms with Gasteiger partial charge in [-0.1, -0.05) is 87.4 Å². The molecule has 3 aliphatic rings. The SMILES string of the molecule is C[C@H](B1C2CCCC1CCC2)[C@H](c1ccccc1)N1CCOCC1.